The minimum absolute atomic E-state index is 0. The molecule has 7 nitrogen and oxygen atoms in total. The van der Waals surface area contributed by atoms with Crippen molar-refractivity contribution in [3.05, 3.63) is 35.4 Å². The smallest absolute Gasteiger partial charge is 0.407 e. The number of alkyl carbamates (subject to hydrolysis) is 1. The van der Waals surface area contributed by atoms with Gasteiger partial charge in [0.05, 0.1) is 0 Å². The van der Waals surface area contributed by atoms with Gasteiger partial charge in [0.1, 0.15) is 5.60 Å². The van der Waals surface area contributed by atoms with Crippen molar-refractivity contribution in [2.45, 2.75) is 53.3 Å². The number of rotatable bonds is 9. The zero-order valence-electron chi connectivity index (χ0n) is 18.7. The highest BCUT2D eigenvalue weighted by Gasteiger charge is 2.15. The summed E-state index contributed by atoms with van der Waals surface area (Å²) < 4.78 is 5.20. The molecule has 1 amide bonds. The zero-order valence-corrected chi connectivity index (χ0v) is 21.0. The van der Waals surface area contributed by atoms with Crippen LogP contribution in [0.3, 0.4) is 0 Å². The van der Waals surface area contributed by atoms with Gasteiger partial charge in [-0.15, -0.1) is 24.0 Å². The first kappa shape index (κ1) is 27.5. The van der Waals surface area contributed by atoms with Crippen molar-refractivity contribution in [3.8, 4) is 0 Å². The largest absolute Gasteiger partial charge is 0.444 e. The standard InChI is InChI=1S/C21H37N5O2.HI/c1-7-26(8-2)16-18-11-9-10-17(14-18)15-25-19(22-6)23-12-13-24-20(27)28-21(3,4)5;/h9-11,14H,7-8,12-13,15-16H2,1-6H3,(H,24,27)(H2,22,23,25);1H. The molecule has 1 aromatic carbocycles. The Morgan fingerprint density at radius 3 is 2.28 bits per heavy atom. The Morgan fingerprint density at radius 2 is 1.69 bits per heavy atom. The van der Waals surface area contributed by atoms with Gasteiger partial charge in [-0.2, -0.15) is 0 Å². The van der Waals surface area contributed by atoms with E-state index in [1.165, 1.54) is 11.1 Å². The highest BCUT2D eigenvalue weighted by atomic mass is 127. The maximum absolute atomic E-state index is 11.6. The summed E-state index contributed by atoms with van der Waals surface area (Å²) in [4.78, 5) is 18.2. The molecule has 3 N–H and O–H groups in total. The van der Waals surface area contributed by atoms with Gasteiger partial charge >= 0.3 is 6.09 Å². The van der Waals surface area contributed by atoms with Gasteiger partial charge in [0.25, 0.3) is 0 Å². The van der Waals surface area contributed by atoms with E-state index in [4.69, 9.17) is 4.74 Å². The van der Waals surface area contributed by atoms with Gasteiger partial charge in [0.2, 0.25) is 0 Å². The predicted octanol–water partition coefficient (Wildman–Crippen LogP) is 3.34. The quantitative estimate of drug-likeness (QED) is 0.202. The van der Waals surface area contributed by atoms with E-state index in [1.807, 2.05) is 20.8 Å². The number of carbonyl (C=O) groups is 1. The zero-order chi connectivity index (χ0) is 21.0. The van der Waals surface area contributed by atoms with Crippen molar-refractivity contribution >= 4 is 36.0 Å². The lowest BCUT2D eigenvalue weighted by molar-refractivity contribution is 0.0529. The van der Waals surface area contributed by atoms with E-state index in [2.05, 4.69) is 64.0 Å². The molecular formula is C21H38IN5O2. The van der Waals surface area contributed by atoms with Crippen LogP contribution in [0.4, 0.5) is 4.79 Å². The third-order valence-corrected chi connectivity index (χ3v) is 4.06. The van der Waals surface area contributed by atoms with Crippen LogP contribution >= 0.6 is 24.0 Å². The molecule has 0 bridgehead atoms. The maximum Gasteiger partial charge on any atom is 0.407 e. The van der Waals surface area contributed by atoms with Crippen molar-refractivity contribution in [3.63, 3.8) is 0 Å². The van der Waals surface area contributed by atoms with E-state index in [0.29, 0.717) is 25.6 Å². The molecule has 0 heterocycles. The molecule has 1 aromatic rings. The Morgan fingerprint density at radius 1 is 1.07 bits per heavy atom. The number of benzene rings is 1. The normalized spacial score (nSPS) is 11.6. The summed E-state index contributed by atoms with van der Waals surface area (Å²) in [6.45, 7) is 14.6. The van der Waals surface area contributed by atoms with E-state index in [0.717, 1.165) is 19.6 Å². The first-order chi connectivity index (χ1) is 13.3. The number of hydrogen-bond donors (Lipinski definition) is 3. The van der Waals surface area contributed by atoms with Crippen LogP contribution < -0.4 is 16.0 Å². The third-order valence-electron chi connectivity index (χ3n) is 4.06. The summed E-state index contributed by atoms with van der Waals surface area (Å²) in [5.74, 6) is 0.695. The first-order valence-electron chi connectivity index (χ1n) is 9.99. The molecule has 0 aliphatic carbocycles. The maximum atomic E-state index is 11.6. The SMILES string of the molecule is CCN(CC)Cc1cccc(CNC(=NC)NCCNC(=O)OC(C)(C)C)c1.I. The van der Waals surface area contributed by atoms with E-state index in [1.54, 1.807) is 7.05 Å². The molecule has 0 aliphatic rings. The van der Waals surface area contributed by atoms with E-state index in [-0.39, 0.29) is 24.0 Å². The van der Waals surface area contributed by atoms with E-state index < -0.39 is 11.7 Å². The van der Waals surface area contributed by atoms with Crippen molar-refractivity contribution in [2.75, 3.05) is 33.2 Å². The monoisotopic (exact) mass is 519 g/mol. The predicted molar refractivity (Wildman–Crippen MR) is 131 cm³/mol. The van der Waals surface area contributed by atoms with Crippen LogP contribution in [-0.2, 0) is 17.8 Å². The molecule has 0 aliphatic heterocycles. The number of guanidine groups is 1. The lowest BCUT2D eigenvalue weighted by Crippen LogP contribution is -2.42. The Hall–Kier alpha value is -1.55. The summed E-state index contributed by atoms with van der Waals surface area (Å²) in [5.41, 5.74) is 2.03. The number of hydrogen-bond acceptors (Lipinski definition) is 4. The molecule has 0 aromatic heterocycles. The van der Waals surface area contributed by atoms with Crippen LogP contribution in [-0.4, -0.2) is 55.8 Å². The van der Waals surface area contributed by atoms with Gasteiger partial charge in [0.15, 0.2) is 5.96 Å². The van der Waals surface area contributed by atoms with E-state index in [9.17, 15) is 4.79 Å². The average Bonchev–Trinajstić information content (AvgIpc) is 2.64. The number of nitrogens with one attached hydrogen (secondary N) is 3. The highest BCUT2D eigenvalue weighted by Crippen LogP contribution is 2.08. The second kappa shape index (κ2) is 14.4. The van der Waals surface area contributed by atoms with Crippen LogP contribution in [0.2, 0.25) is 0 Å². The molecular weight excluding hydrogens is 481 g/mol. The van der Waals surface area contributed by atoms with Crippen LogP contribution in [0, 0.1) is 0 Å². The summed E-state index contributed by atoms with van der Waals surface area (Å²) in [6.07, 6.45) is -0.415. The number of aliphatic imine (C=N–C) groups is 1. The van der Waals surface area contributed by atoms with Crippen molar-refractivity contribution in [2.24, 2.45) is 4.99 Å². The summed E-state index contributed by atoms with van der Waals surface area (Å²) >= 11 is 0. The highest BCUT2D eigenvalue weighted by molar-refractivity contribution is 14.0. The Labute approximate surface area is 193 Å². The topological polar surface area (TPSA) is 78.0 Å². The van der Waals surface area contributed by atoms with Gasteiger partial charge in [0, 0.05) is 33.2 Å². The Kier molecular flexibility index (Phi) is 13.7. The number of halogens is 1. The first-order valence-corrected chi connectivity index (χ1v) is 9.99. The van der Waals surface area contributed by atoms with Gasteiger partial charge in [-0.3, -0.25) is 9.89 Å². The molecule has 8 heteroatoms. The van der Waals surface area contributed by atoms with Crippen LogP contribution in [0.25, 0.3) is 0 Å². The molecule has 166 valence electrons. The van der Waals surface area contributed by atoms with Crippen molar-refractivity contribution < 1.29 is 9.53 Å². The fourth-order valence-electron chi connectivity index (χ4n) is 2.61. The molecule has 1 rings (SSSR count). The van der Waals surface area contributed by atoms with Crippen molar-refractivity contribution in [1.82, 2.24) is 20.9 Å². The number of nitrogens with zero attached hydrogens (tertiary/aromatic N) is 2. The fourth-order valence-corrected chi connectivity index (χ4v) is 2.61. The molecule has 0 fully saturated rings. The molecule has 0 saturated heterocycles. The second-order valence-electron chi connectivity index (χ2n) is 7.56. The van der Waals surface area contributed by atoms with E-state index >= 15 is 0 Å². The lowest BCUT2D eigenvalue weighted by atomic mass is 10.1. The summed E-state index contributed by atoms with van der Waals surface area (Å²) in [7, 11) is 1.73. The van der Waals surface area contributed by atoms with Crippen LogP contribution in [0.15, 0.2) is 29.3 Å². The molecule has 0 spiro atoms. The molecule has 29 heavy (non-hydrogen) atoms. The van der Waals surface area contributed by atoms with Crippen molar-refractivity contribution in [1.29, 1.82) is 0 Å². The van der Waals surface area contributed by atoms with Gasteiger partial charge in [-0.05, 0) is 45.0 Å². The van der Waals surface area contributed by atoms with Crippen LogP contribution in [0.1, 0.15) is 45.7 Å². The molecule has 0 unspecified atom stereocenters. The van der Waals surface area contributed by atoms with Gasteiger partial charge in [-0.25, -0.2) is 4.79 Å². The number of carbonyl (C=O) groups excluding carboxylic acids is 1. The third kappa shape index (κ3) is 12.6. The molecule has 0 atom stereocenters. The number of ether oxygens (including phenoxy) is 1. The number of amides is 1. The minimum Gasteiger partial charge on any atom is -0.444 e. The Balaban J connectivity index is 0.00000784. The second-order valence-corrected chi connectivity index (χ2v) is 7.56. The Bertz CT molecular complexity index is 628. The van der Waals surface area contributed by atoms with Gasteiger partial charge in [-0.1, -0.05) is 38.1 Å². The van der Waals surface area contributed by atoms with Gasteiger partial charge < -0.3 is 20.7 Å². The molecule has 0 saturated carbocycles. The van der Waals surface area contributed by atoms with Crippen LogP contribution in [0.5, 0.6) is 0 Å². The summed E-state index contributed by atoms with van der Waals surface area (Å²) in [5, 5.41) is 9.20. The lowest BCUT2D eigenvalue weighted by Gasteiger charge is -2.20. The minimum atomic E-state index is -0.491. The summed E-state index contributed by atoms with van der Waals surface area (Å²) in [6, 6.07) is 8.59. The fraction of sp³-hybridized carbons (Fsp3) is 0.619. The average molecular weight is 519 g/mol. The molecule has 0 radical (unpaired) electrons.